The van der Waals surface area contributed by atoms with Crippen LogP contribution in [0.3, 0.4) is 0 Å². The molecule has 3 heterocycles. The minimum atomic E-state index is -4.34. The predicted octanol–water partition coefficient (Wildman–Crippen LogP) is 4.57. The molecule has 2 aliphatic rings. The number of imide groups is 1. The van der Waals surface area contributed by atoms with Gasteiger partial charge in [0.2, 0.25) is 17.7 Å². The van der Waals surface area contributed by atoms with Crippen molar-refractivity contribution in [2.75, 3.05) is 23.3 Å². The number of amides is 2. The van der Waals surface area contributed by atoms with Crippen LogP contribution in [0.5, 0.6) is 0 Å². The maximum atomic E-state index is 15.1. The zero-order valence-corrected chi connectivity index (χ0v) is 19.7. The lowest BCUT2D eigenvalue weighted by molar-refractivity contribution is -0.135. The van der Waals surface area contributed by atoms with Crippen molar-refractivity contribution in [3.63, 3.8) is 0 Å². The van der Waals surface area contributed by atoms with Gasteiger partial charge in [0.1, 0.15) is 10.8 Å². The highest BCUT2D eigenvalue weighted by molar-refractivity contribution is 6.33. The summed E-state index contributed by atoms with van der Waals surface area (Å²) in [5, 5.41) is 12.1. The molecule has 2 aromatic rings. The van der Waals surface area contributed by atoms with Crippen molar-refractivity contribution in [1.29, 1.82) is 0 Å². The van der Waals surface area contributed by atoms with Gasteiger partial charge in [0.05, 0.1) is 17.1 Å². The van der Waals surface area contributed by atoms with Crippen LogP contribution in [-0.4, -0.2) is 46.8 Å². The Morgan fingerprint density at radius 3 is 2.67 bits per heavy atom. The van der Waals surface area contributed by atoms with Gasteiger partial charge in [-0.15, -0.1) is 5.10 Å². The third-order valence-corrected chi connectivity index (χ3v) is 6.39. The van der Waals surface area contributed by atoms with E-state index in [0.29, 0.717) is 0 Å². The van der Waals surface area contributed by atoms with Crippen molar-refractivity contribution in [1.82, 2.24) is 15.5 Å². The van der Waals surface area contributed by atoms with Crippen molar-refractivity contribution >= 4 is 40.7 Å². The van der Waals surface area contributed by atoms with Crippen LogP contribution in [0.4, 0.5) is 33.7 Å². The Labute approximate surface area is 206 Å². The number of hydrogen-bond acceptors (Lipinski definition) is 7. The lowest BCUT2D eigenvalue weighted by atomic mass is 9.88. The Kier molecular flexibility index (Phi) is 6.71. The summed E-state index contributed by atoms with van der Waals surface area (Å²) in [6.45, 7) is 5.74. The quantitative estimate of drug-likeness (QED) is 0.305. The third kappa shape index (κ3) is 5.30. The van der Waals surface area contributed by atoms with Gasteiger partial charge in [-0.3, -0.25) is 14.9 Å². The van der Waals surface area contributed by atoms with E-state index in [0.717, 1.165) is 6.07 Å². The van der Waals surface area contributed by atoms with Gasteiger partial charge in [-0.25, -0.2) is 8.78 Å². The van der Waals surface area contributed by atoms with E-state index in [1.54, 1.807) is 11.8 Å². The highest BCUT2D eigenvalue weighted by Crippen LogP contribution is 2.41. The van der Waals surface area contributed by atoms with Crippen LogP contribution in [0.25, 0.3) is 5.57 Å². The number of halogens is 6. The maximum Gasteiger partial charge on any atom is 0.389 e. The molecular weight excluding hydrogens is 513 g/mol. The lowest BCUT2D eigenvalue weighted by Crippen LogP contribution is -2.64. The zero-order valence-electron chi connectivity index (χ0n) is 18.9. The second-order valence-corrected chi connectivity index (χ2v) is 9.47. The molecule has 1 unspecified atom stereocenters. The average molecular weight is 534 g/mol. The van der Waals surface area contributed by atoms with Crippen LogP contribution in [-0.2, 0) is 9.59 Å². The van der Waals surface area contributed by atoms with Gasteiger partial charge in [0.15, 0.2) is 5.82 Å². The monoisotopic (exact) mass is 533 g/mol. The summed E-state index contributed by atoms with van der Waals surface area (Å²) in [5.41, 5.74) is -1.05. The first kappa shape index (κ1) is 25.9. The molecule has 0 radical (unpaired) electrons. The summed E-state index contributed by atoms with van der Waals surface area (Å²) in [6, 6.07) is 0.997. The first-order valence-corrected chi connectivity index (χ1v) is 11.3. The molecule has 2 fully saturated rings. The van der Waals surface area contributed by atoms with E-state index in [1.807, 2.05) is 0 Å². The molecule has 0 aliphatic carbocycles. The van der Waals surface area contributed by atoms with Gasteiger partial charge in [0.25, 0.3) is 0 Å². The molecular formula is C22H21ClF5N5O3. The van der Waals surface area contributed by atoms with E-state index < -0.39 is 53.1 Å². The smallest absolute Gasteiger partial charge is 0.389 e. The molecule has 2 saturated heterocycles. The van der Waals surface area contributed by atoms with Crippen molar-refractivity contribution in [2.24, 2.45) is 0 Å². The number of aromatic nitrogens is 2. The van der Waals surface area contributed by atoms with Crippen LogP contribution in [0.1, 0.15) is 50.0 Å². The van der Waals surface area contributed by atoms with Crippen LogP contribution in [0.2, 0.25) is 5.02 Å². The van der Waals surface area contributed by atoms with Crippen molar-refractivity contribution in [3.05, 3.63) is 40.8 Å². The largest absolute Gasteiger partial charge is 0.404 e. The molecule has 0 bridgehead atoms. The number of allylic oxidation sites excluding steroid dienone is 1. The Morgan fingerprint density at radius 2 is 2.03 bits per heavy atom. The maximum absolute atomic E-state index is 15.1. The Bertz CT molecular complexity index is 1230. The standard InChI is InChI=1S/C22H21ClF5N5O3/c1-10(5-6-22(26,27)28)19-31-32-20(36-19)30-21(2)8-33(9-21)13-7-12(24)15(17(25)16(13)23)11-3-4-14(34)29-18(11)35/h7,11H,1,3-6,8-9H2,2H3,(H,30,32)(H,29,34,35). The third-order valence-electron chi connectivity index (χ3n) is 6.03. The first-order valence-electron chi connectivity index (χ1n) is 10.9. The summed E-state index contributed by atoms with van der Waals surface area (Å²) in [5.74, 6) is -4.61. The van der Waals surface area contributed by atoms with Crippen LogP contribution < -0.4 is 15.5 Å². The number of piperidine rings is 1. The molecule has 2 amide bonds. The molecule has 8 nitrogen and oxygen atoms in total. The molecule has 1 atom stereocenters. The van der Waals surface area contributed by atoms with Gasteiger partial charge in [-0.1, -0.05) is 23.3 Å². The number of hydrogen-bond donors (Lipinski definition) is 2. The molecule has 0 saturated carbocycles. The molecule has 14 heteroatoms. The predicted molar refractivity (Wildman–Crippen MR) is 119 cm³/mol. The fourth-order valence-electron chi connectivity index (χ4n) is 4.24. The number of carbonyl (C=O) groups excluding carboxylic acids is 2. The minimum absolute atomic E-state index is 0.0330. The first-order chi connectivity index (χ1) is 16.8. The number of rotatable bonds is 7. The van der Waals surface area contributed by atoms with Crippen LogP contribution in [0.15, 0.2) is 17.1 Å². The number of benzene rings is 1. The molecule has 0 spiro atoms. The Morgan fingerprint density at radius 1 is 1.33 bits per heavy atom. The summed E-state index contributed by atoms with van der Waals surface area (Å²) >= 11 is 6.19. The van der Waals surface area contributed by atoms with Gasteiger partial charge < -0.3 is 14.6 Å². The normalized spacial score (nSPS) is 19.6. The molecule has 194 valence electrons. The van der Waals surface area contributed by atoms with E-state index in [2.05, 4.69) is 27.4 Å². The van der Waals surface area contributed by atoms with E-state index >= 15 is 4.39 Å². The lowest BCUT2D eigenvalue weighted by Gasteiger charge is -2.49. The summed E-state index contributed by atoms with van der Waals surface area (Å²) in [6.07, 6.45) is -5.87. The Balaban J connectivity index is 1.42. The van der Waals surface area contributed by atoms with E-state index in [4.69, 9.17) is 16.0 Å². The number of carbonyl (C=O) groups is 2. The van der Waals surface area contributed by atoms with Crippen LogP contribution >= 0.6 is 11.6 Å². The summed E-state index contributed by atoms with van der Waals surface area (Å²) in [4.78, 5) is 25.0. The fraction of sp³-hybridized carbons (Fsp3) is 0.455. The van der Waals surface area contributed by atoms with Crippen molar-refractivity contribution in [2.45, 2.75) is 50.2 Å². The molecule has 1 aromatic heterocycles. The molecule has 4 rings (SSSR count). The highest BCUT2D eigenvalue weighted by Gasteiger charge is 2.42. The van der Waals surface area contributed by atoms with Crippen molar-refractivity contribution in [3.8, 4) is 0 Å². The number of alkyl halides is 3. The number of nitrogens with zero attached hydrogens (tertiary/aromatic N) is 3. The van der Waals surface area contributed by atoms with Gasteiger partial charge in [-0.05, 0) is 25.8 Å². The van der Waals surface area contributed by atoms with Crippen molar-refractivity contribution < 1.29 is 36.0 Å². The summed E-state index contributed by atoms with van der Waals surface area (Å²) in [7, 11) is 0. The average Bonchev–Trinajstić information content (AvgIpc) is 3.22. The number of nitrogens with one attached hydrogen (secondary N) is 2. The molecule has 36 heavy (non-hydrogen) atoms. The topological polar surface area (TPSA) is 100 Å². The summed E-state index contributed by atoms with van der Waals surface area (Å²) < 4.78 is 72.5. The minimum Gasteiger partial charge on any atom is -0.404 e. The number of anilines is 2. The van der Waals surface area contributed by atoms with Crippen LogP contribution in [0, 0.1) is 11.6 Å². The second kappa shape index (κ2) is 9.34. The Hall–Kier alpha value is -3.22. The van der Waals surface area contributed by atoms with Gasteiger partial charge >= 0.3 is 12.2 Å². The highest BCUT2D eigenvalue weighted by atomic mass is 35.5. The molecule has 1 aromatic carbocycles. The fourth-order valence-corrected chi connectivity index (χ4v) is 4.51. The zero-order chi connectivity index (χ0) is 26.4. The molecule has 2 N–H and O–H groups in total. The molecule has 2 aliphatic heterocycles. The van der Waals surface area contributed by atoms with E-state index in [1.165, 1.54) is 0 Å². The van der Waals surface area contributed by atoms with Gasteiger partial charge in [-0.2, -0.15) is 13.2 Å². The second-order valence-electron chi connectivity index (χ2n) is 9.10. The van der Waals surface area contributed by atoms with E-state index in [9.17, 15) is 27.2 Å². The van der Waals surface area contributed by atoms with E-state index in [-0.39, 0.29) is 60.5 Å². The SMILES string of the molecule is C=C(CCC(F)(F)F)c1nnc(NC2(C)CN(c3cc(F)c(C4CCC(=O)NC4=O)c(F)c3Cl)C2)o1. The van der Waals surface area contributed by atoms with Gasteiger partial charge in [0, 0.05) is 37.1 Å².